The number of carbonyl (C=O) groups is 2. The van der Waals surface area contributed by atoms with E-state index in [0.717, 1.165) is 38.8 Å². The fraction of sp³-hybridized carbons (Fsp3) is 0.583. The van der Waals surface area contributed by atoms with Crippen molar-refractivity contribution in [1.29, 1.82) is 0 Å². The molecule has 0 bridgehead atoms. The van der Waals surface area contributed by atoms with Crippen LogP contribution in [0.25, 0.3) is 0 Å². The number of hydrogen-bond donors (Lipinski definition) is 2. The van der Waals surface area contributed by atoms with Crippen LogP contribution in [0.15, 0.2) is 22.9 Å². The second kappa shape index (κ2) is 10.9. The second-order valence-corrected chi connectivity index (χ2v) is 10.6. The first-order chi connectivity index (χ1) is 15.6. The summed E-state index contributed by atoms with van der Waals surface area (Å²) >= 11 is 3.65. The fourth-order valence-corrected chi connectivity index (χ4v) is 6.97. The molecule has 32 heavy (non-hydrogen) atoms. The van der Waals surface area contributed by atoms with Gasteiger partial charge in [0, 0.05) is 48.0 Å². The van der Waals surface area contributed by atoms with E-state index in [4.69, 9.17) is 0 Å². The van der Waals surface area contributed by atoms with Gasteiger partial charge in [-0.2, -0.15) is 0 Å². The maximum absolute atomic E-state index is 12.5. The number of hydrogen-bond acceptors (Lipinski definition) is 6. The molecule has 2 aromatic heterocycles. The molecular formula is C24H34N4O2S2. The van der Waals surface area contributed by atoms with E-state index in [2.05, 4.69) is 57.2 Å². The Kier molecular flexibility index (Phi) is 7.99. The third-order valence-corrected chi connectivity index (χ3v) is 8.64. The smallest absolute Gasteiger partial charge is 0.234 e. The number of nitrogens with one attached hydrogen (secondary N) is 2. The summed E-state index contributed by atoms with van der Waals surface area (Å²) in [6.07, 6.45) is 4.06. The summed E-state index contributed by atoms with van der Waals surface area (Å²) in [5, 5.41) is 10.3. The van der Waals surface area contributed by atoms with Gasteiger partial charge in [-0.05, 0) is 59.7 Å². The molecule has 0 saturated carbocycles. The molecule has 2 amide bonds. The summed E-state index contributed by atoms with van der Waals surface area (Å²) in [5.74, 6) is 0.0619. The zero-order valence-electron chi connectivity index (χ0n) is 19.1. The number of thiophene rings is 2. The van der Waals surface area contributed by atoms with Crippen LogP contribution in [0.1, 0.15) is 59.7 Å². The van der Waals surface area contributed by atoms with Gasteiger partial charge in [0.15, 0.2) is 0 Å². The third-order valence-electron chi connectivity index (χ3n) is 6.65. The largest absolute Gasteiger partial charge is 0.353 e. The molecule has 0 saturated heterocycles. The van der Waals surface area contributed by atoms with Crippen LogP contribution >= 0.6 is 22.7 Å². The van der Waals surface area contributed by atoms with Gasteiger partial charge in [0.1, 0.15) is 0 Å². The van der Waals surface area contributed by atoms with Crippen molar-refractivity contribution in [2.75, 3.05) is 39.3 Å². The van der Waals surface area contributed by atoms with Crippen molar-refractivity contribution in [3.05, 3.63) is 43.8 Å². The number of amides is 2. The molecule has 6 nitrogen and oxygen atoms in total. The quantitative estimate of drug-likeness (QED) is 0.547. The summed E-state index contributed by atoms with van der Waals surface area (Å²) in [7, 11) is 0. The molecule has 2 aromatic rings. The molecule has 2 unspecified atom stereocenters. The monoisotopic (exact) mass is 474 g/mol. The minimum absolute atomic E-state index is 0.0310. The maximum atomic E-state index is 12.5. The molecule has 0 aliphatic carbocycles. The molecule has 0 spiro atoms. The standard InChI is InChI=1S/C24H34N4O2S2/c1-3-19-17-7-13-31-21(17)5-11-27(19)15-23(29)25-9-10-26-24(30)16-28-12-6-22-18(8-14-32-22)20(28)4-2/h7-8,13-14,19-20H,3-6,9-12,15-16H2,1-2H3,(H,25,29)(H,26,30). The maximum Gasteiger partial charge on any atom is 0.234 e. The lowest BCUT2D eigenvalue weighted by molar-refractivity contribution is -0.124. The summed E-state index contributed by atoms with van der Waals surface area (Å²) in [6, 6.07) is 5.07. The van der Waals surface area contributed by atoms with Gasteiger partial charge < -0.3 is 10.6 Å². The van der Waals surface area contributed by atoms with Crippen LogP contribution in [0.5, 0.6) is 0 Å². The summed E-state index contributed by atoms with van der Waals surface area (Å²) in [4.78, 5) is 32.5. The zero-order valence-corrected chi connectivity index (χ0v) is 20.7. The molecular weight excluding hydrogens is 440 g/mol. The summed E-state index contributed by atoms with van der Waals surface area (Å²) < 4.78 is 0. The molecule has 8 heteroatoms. The van der Waals surface area contributed by atoms with Crippen molar-refractivity contribution in [3.8, 4) is 0 Å². The first-order valence-electron chi connectivity index (χ1n) is 11.7. The van der Waals surface area contributed by atoms with Gasteiger partial charge in [-0.1, -0.05) is 13.8 Å². The van der Waals surface area contributed by atoms with Crippen molar-refractivity contribution >= 4 is 34.5 Å². The van der Waals surface area contributed by atoms with Crippen molar-refractivity contribution in [2.45, 2.75) is 51.6 Å². The SMILES string of the molecule is CCC1c2ccsc2CCN1CC(=O)NCCNC(=O)CN1CCc2sccc2C1CC. The van der Waals surface area contributed by atoms with Crippen molar-refractivity contribution in [3.63, 3.8) is 0 Å². The average Bonchev–Trinajstić information content (AvgIpc) is 3.46. The van der Waals surface area contributed by atoms with Crippen LogP contribution < -0.4 is 10.6 Å². The van der Waals surface area contributed by atoms with E-state index in [1.807, 2.05) is 22.7 Å². The van der Waals surface area contributed by atoms with Crippen molar-refractivity contribution in [1.82, 2.24) is 20.4 Å². The highest BCUT2D eigenvalue weighted by Gasteiger charge is 2.29. The molecule has 0 fully saturated rings. The number of fused-ring (bicyclic) bond motifs is 2. The normalized spacial score (nSPS) is 21.1. The Bertz CT molecular complexity index is 851. The van der Waals surface area contributed by atoms with Crippen LogP contribution in [0.3, 0.4) is 0 Å². The van der Waals surface area contributed by atoms with Gasteiger partial charge >= 0.3 is 0 Å². The summed E-state index contributed by atoms with van der Waals surface area (Å²) in [6.45, 7) is 7.97. The van der Waals surface area contributed by atoms with Crippen molar-refractivity contribution in [2.24, 2.45) is 0 Å². The lowest BCUT2D eigenvalue weighted by Gasteiger charge is -2.35. The zero-order chi connectivity index (χ0) is 22.5. The summed E-state index contributed by atoms with van der Waals surface area (Å²) in [5.41, 5.74) is 2.78. The highest BCUT2D eigenvalue weighted by atomic mass is 32.1. The highest BCUT2D eigenvalue weighted by molar-refractivity contribution is 7.10. The predicted octanol–water partition coefficient (Wildman–Crippen LogP) is 3.36. The second-order valence-electron chi connectivity index (χ2n) is 8.59. The first-order valence-corrected chi connectivity index (χ1v) is 13.5. The van der Waals surface area contributed by atoms with Gasteiger partial charge in [-0.3, -0.25) is 19.4 Å². The van der Waals surface area contributed by atoms with Crippen LogP contribution in [0, 0.1) is 0 Å². The van der Waals surface area contributed by atoms with Gasteiger partial charge in [-0.25, -0.2) is 0 Å². The van der Waals surface area contributed by atoms with E-state index in [0.29, 0.717) is 38.3 Å². The van der Waals surface area contributed by atoms with E-state index in [-0.39, 0.29) is 11.8 Å². The van der Waals surface area contributed by atoms with Crippen LogP contribution in [-0.4, -0.2) is 60.9 Å². The molecule has 2 aliphatic rings. The van der Waals surface area contributed by atoms with E-state index in [9.17, 15) is 9.59 Å². The number of rotatable bonds is 9. The van der Waals surface area contributed by atoms with E-state index in [1.165, 1.54) is 20.9 Å². The minimum atomic E-state index is 0.0310. The molecule has 2 atom stereocenters. The molecule has 174 valence electrons. The topological polar surface area (TPSA) is 64.7 Å². The van der Waals surface area contributed by atoms with Gasteiger partial charge in [-0.15, -0.1) is 22.7 Å². The highest BCUT2D eigenvalue weighted by Crippen LogP contribution is 2.35. The lowest BCUT2D eigenvalue weighted by Crippen LogP contribution is -2.45. The number of nitrogens with zero attached hydrogens (tertiary/aromatic N) is 2. The molecule has 2 aliphatic heterocycles. The molecule has 4 heterocycles. The van der Waals surface area contributed by atoms with Crippen molar-refractivity contribution < 1.29 is 9.59 Å². The Morgan fingerprint density at radius 3 is 1.69 bits per heavy atom. The van der Waals surface area contributed by atoms with Crippen LogP contribution in [0.2, 0.25) is 0 Å². The Hall–Kier alpha value is -1.74. The Labute approximate surface area is 199 Å². The average molecular weight is 475 g/mol. The molecule has 2 N–H and O–H groups in total. The van der Waals surface area contributed by atoms with Crippen LogP contribution in [0.4, 0.5) is 0 Å². The van der Waals surface area contributed by atoms with E-state index < -0.39 is 0 Å². The first kappa shape index (κ1) is 23.4. The Balaban J connectivity index is 1.17. The van der Waals surface area contributed by atoms with Gasteiger partial charge in [0.2, 0.25) is 11.8 Å². The predicted molar refractivity (Wildman–Crippen MR) is 131 cm³/mol. The Morgan fingerprint density at radius 1 is 0.844 bits per heavy atom. The van der Waals surface area contributed by atoms with Crippen LogP contribution in [-0.2, 0) is 22.4 Å². The molecule has 0 radical (unpaired) electrons. The van der Waals surface area contributed by atoms with E-state index in [1.54, 1.807) is 0 Å². The van der Waals surface area contributed by atoms with E-state index >= 15 is 0 Å². The Morgan fingerprint density at radius 2 is 1.28 bits per heavy atom. The molecule has 0 aromatic carbocycles. The third kappa shape index (κ3) is 5.25. The minimum Gasteiger partial charge on any atom is -0.353 e. The van der Waals surface area contributed by atoms with Gasteiger partial charge in [0.05, 0.1) is 13.1 Å². The molecule has 4 rings (SSSR count). The van der Waals surface area contributed by atoms with Gasteiger partial charge in [0.25, 0.3) is 0 Å². The fourth-order valence-electron chi connectivity index (χ4n) is 5.12. The lowest BCUT2D eigenvalue weighted by atomic mass is 9.98. The number of carbonyl (C=O) groups excluding carboxylic acids is 2.